The van der Waals surface area contributed by atoms with E-state index in [9.17, 15) is 9.90 Å². The van der Waals surface area contributed by atoms with Crippen molar-refractivity contribution in [2.24, 2.45) is 0 Å². The average Bonchev–Trinajstić information content (AvgIpc) is 2.60. The monoisotopic (exact) mass is 318 g/mol. The van der Waals surface area contributed by atoms with Gasteiger partial charge in [-0.25, -0.2) is 0 Å². The van der Waals surface area contributed by atoms with Crippen LogP contribution in [-0.4, -0.2) is 11.4 Å². The smallest absolute Gasteiger partial charge is 0.160 e. The Morgan fingerprint density at radius 3 is 2.93 bits per heavy atom. The van der Waals surface area contributed by atoms with Gasteiger partial charge in [-0.15, -0.1) is 11.3 Å². The van der Waals surface area contributed by atoms with Crippen molar-refractivity contribution >= 4 is 50.3 Å². The number of fused-ring (bicyclic) bond motifs is 1. The van der Waals surface area contributed by atoms with E-state index in [-0.39, 0.29) is 6.61 Å². The second-order valence-electron chi connectivity index (χ2n) is 2.87. The van der Waals surface area contributed by atoms with Crippen LogP contribution in [0.5, 0.6) is 0 Å². The van der Waals surface area contributed by atoms with Crippen LogP contribution in [0.3, 0.4) is 0 Å². The summed E-state index contributed by atoms with van der Waals surface area (Å²) in [6, 6.07) is 5.78. The summed E-state index contributed by atoms with van der Waals surface area (Å²) in [4.78, 5) is 11.3. The van der Waals surface area contributed by atoms with Gasteiger partial charge in [0.1, 0.15) is 0 Å². The lowest BCUT2D eigenvalue weighted by molar-refractivity contribution is 0.112. The van der Waals surface area contributed by atoms with Gasteiger partial charge >= 0.3 is 0 Å². The number of aliphatic hydroxyl groups excluding tert-OH is 1. The summed E-state index contributed by atoms with van der Waals surface area (Å²) in [6.45, 7) is 0.0222. The molecule has 1 aromatic heterocycles. The fourth-order valence-electron chi connectivity index (χ4n) is 1.36. The molecule has 0 saturated heterocycles. The molecule has 0 fully saturated rings. The molecule has 1 aromatic carbocycles. The normalized spacial score (nSPS) is 10.7. The number of rotatable bonds is 2. The largest absolute Gasteiger partial charge is 0.392 e. The Bertz CT molecular complexity index is 490. The summed E-state index contributed by atoms with van der Waals surface area (Å²) >= 11 is 3.62. The minimum Gasteiger partial charge on any atom is -0.392 e. The fourth-order valence-corrected chi connectivity index (χ4v) is 3.18. The molecule has 0 aliphatic heterocycles. The maximum atomic E-state index is 10.6. The molecule has 4 heteroatoms. The molecule has 0 radical (unpaired) electrons. The van der Waals surface area contributed by atoms with Crippen molar-refractivity contribution < 1.29 is 9.90 Å². The molecule has 72 valence electrons. The van der Waals surface area contributed by atoms with Crippen LogP contribution in [0.25, 0.3) is 10.1 Å². The number of benzene rings is 1. The molecule has 2 nitrogen and oxygen atoms in total. The van der Waals surface area contributed by atoms with Gasteiger partial charge in [-0.3, -0.25) is 4.79 Å². The molecule has 2 aromatic rings. The molecule has 0 aliphatic carbocycles. The predicted octanol–water partition coefficient (Wildman–Crippen LogP) is 2.81. The van der Waals surface area contributed by atoms with Crippen molar-refractivity contribution in [1.29, 1.82) is 0 Å². The van der Waals surface area contributed by atoms with Crippen LogP contribution in [0.2, 0.25) is 0 Å². The Labute approximate surface area is 98.7 Å². The van der Waals surface area contributed by atoms with E-state index in [1.165, 1.54) is 11.3 Å². The van der Waals surface area contributed by atoms with Gasteiger partial charge < -0.3 is 5.11 Å². The summed E-state index contributed by atoms with van der Waals surface area (Å²) in [7, 11) is 0. The third-order valence-corrected chi connectivity index (χ3v) is 4.17. The quantitative estimate of drug-likeness (QED) is 0.683. The third-order valence-electron chi connectivity index (χ3n) is 2.03. The lowest BCUT2D eigenvalue weighted by atomic mass is 10.2. The first kappa shape index (κ1) is 10.1. The molecule has 0 aliphatic rings. The van der Waals surface area contributed by atoms with E-state index >= 15 is 0 Å². The third kappa shape index (κ3) is 1.57. The first-order valence-electron chi connectivity index (χ1n) is 4.03. The zero-order valence-electron chi connectivity index (χ0n) is 7.16. The Morgan fingerprint density at radius 2 is 2.29 bits per heavy atom. The zero-order valence-corrected chi connectivity index (χ0v) is 10.1. The maximum absolute atomic E-state index is 10.6. The molecule has 0 atom stereocenters. The predicted molar refractivity (Wildman–Crippen MR) is 65.9 cm³/mol. The summed E-state index contributed by atoms with van der Waals surface area (Å²) < 4.78 is 2.05. The second-order valence-corrected chi connectivity index (χ2v) is 5.11. The van der Waals surface area contributed by atoms with Gasteiger partial charge in [0, 0.05) is 13.8 Å². The minimum atomic E-state index is 0.0222. The molecule has 0 spiro atoms. The number of aliphatic hydroxyl groups is 1. The van der Waals surface area contributed by atoms with Crippen LogP contribution >= 0.6 is 33.9 Å². The topological polar surface area (TPSA) is 37.3 Å². The Balaban J connectivity index is 2.79. The molecule has 14 heavy (non-hydrogen) atoms. The van der Waals surface area contributed by atoms with Gasteiger partial charge in [0.05, 0.1) is 11.5 Å². The number of hydrogen-bond acceptors (Lipinski definition) is 3. The molecule has 1 heterocycles. The fraction of sp³-hybridized carbons (Fsp3) is 0.100. The van der Waals surface area contributed by atoms with Crippen molar-refractivity contribution in [3.05, 3.63) is 32.2 Å². The number of halogens is 1. The molecule has 2 rings (SSSR count). The average molecular weight is 318 g/mol. The van der Waals surface area contributed by atoms with Gasteiger partial charge in [0.2, 0.25) is 0 Å². The van der Waals surface area contributed by atoms with Crippen LogP contribution in [0.15, 0.2) is 18.2 Å². The number of hydrogen-bond donors (Lipinski definition) is 1. The molecule has 0 amide bonds. The lowest BCUT2D eigenvalue weighted by Gasteiger charge is -2.01. The molecule has 0 saturated carbocycles. The van der Waals surface area contributed by atoms with Crippen LogP contribution in [0.4, 0.5) is 0 Å². The van der Waals surface area contributed by atoms with Gasteiger partial charge in [-0.05, 0) is 40.1 Å². The van der Waals surface area contributed by atoms with Crippen LogP contribution in [-0.2, 0) is 6.61 Å². The van der Waals surface area contributed by atoms with Crippen LogP contribution in [0, 0.1) is 3.57 Å². The van der Waals surface area contributed by atoms with E-state index in [2.05, 4.69) is 22.6 Å². The van der Waals surface area contributed by atoms with E-state index in [4.69, 9.17) is 0 Å². The van der Waals surface area contributed by atoms with Gasteiger partial charge in [0.25, 0.3) is 0 Å². The summed E-state index contributed by atoms with van der Waals surface area (Å²) in [5.41, 5.74) is 0.918. The van der Waals surface area contributed by atoms with E-state index in [0.29, 0.717) is 4.88 Å². The lowest BCUT2D eigenvalue weighted by Crippen LogP contribution is -1.87. The summed E-state index contributed by atoms with van der Waals surface area (Å²) in [5.74, 6) is 0. The molecule has 0 unspecified atom stereocenters. The standard InChI is InChI=1S/C10H7IO2S/c11-9-2-1-6-3-7(4-12)14-10(6)8(9)5-13/h1-4,13H,5H2. The molecule has 1 N–H and O–H groups in total. The second kappa shape index (κ2) is 3.96. The zero-order chi connectivity index (χ0) is 10.1. The van der Waals surface area contributed by atoms with Gasteiger partial charge in [0.15, 0.2) is 6.29 Å². The summed E-state index contributed by atoms with van der Waals surface area (Å²) in [5, 5.41) is 10.2. The SMILES string of the molecule is O=Cc1cc2ccc(I)c(CO)c2s1. The van der Waals surface area contributed by atoms with E-state index < -0.39 is 0 Å². The number of aldehydes is 1. The van der Waals surface area contributed by atoms with Crippen molar-refractivity contribution in [2.75, 3.05) is 0 Å². The highest BCUT2D eigenvalue weighted by Gasteiger charge is 2.08. The van der Waals surface area contributed by atoms with E-state index in [1.54, 1.807) is 0 Å². The number of carbonyl (C=O) groups excluding carboxylic acids is 1. The highest BCUT2D eigenvalue weighted by atomic mass is 127. The molecule has 0 bridgehead atoms. The van der Waals surface area contributed by atoms with Crippen molar-refractivity contribution in [2.45, 2.75) is 6.61 Å². The maximum Gasteiger partial charge on any atom is 0.160 e. The first-order valence-corrected chi connectivity index (χ1v) is 5.92. The minimum absolute atomic E-state index is 0.0222. The van der Waals surface area contributed by atoms with Gasteiger partial charge in [-0.2, -0.15) is 0 Å². The van der Waals surface area contributed by atoms with E-state index in [0.717, 1.165) is 25.5 Å². The Kier molecular flexibility index (Phi) is 2.85. The Morgan fingerprint density at radius 1 is 1.50 bits per heavy atom. The highest BCUT2D eigenvalue weighted by Crippen LogP contribution is 2.30. The first-order chi connectivity index (χ1) is 6.76. The number of thiophene rings is 1. The molecular formula is C10H7IO2S. The van der Waals surface area contributed by atoms with Crippen LogP contribution in [0.1, 0.15) is 15.2 Å². The van der Waals surface area contributed by atoms with E-state index in [1.807, 2.05) is 18.2 Å². The highest BCUT2D eigenvalue weighted by molar-refractivity contribution is 14.1. The van der Waals surface area contributed by atoms with Crippen molar-refractivity contribution in [3.8, 4) is 0 Å². The van der Waals surface area contributed by atoms with Crippen LogP contribution < -0.4 is 0 Å². The number of carbonyl (C=O) groups is 1. The van der Waals surface area contributed by atoms with Crippen molar-refractivity contribution in [3.63, 3.8) is 0 Å². The van der Waals surface area contributed by atoms with Gasteiger partial charge in [-0.1, -0.05) is 6.07 Å². The van der Waals surface area contributed by atoms with Crippen molar-refractivity contribution in [1.82, 2.24) is 0 Å². The molecular weight excluding hydrogens is 311 g/mol. The summed E-state index contributed by atoms with van der Waals surface area (Å²) in [6.07, 6.45) is 0.846. The Hall–Kier alpha value is -0.460.